The largest absolute Gasteiger partial charge is 0.508 e. The van der Waals surface area contributed by atoms with Gasteiger partial charge in [-0.25, -0.2) is 0 Å². The molecule has 2 aromatic carbocycles. The fourth-order valence-corrected chi connectivity index (χ4v) is 4.70. The highest BCUT2D eigenvalue weighted by molar-refractivity contribution is 9.10. The third-order valence-electron chi connectivity index (χ3n) is 6.40. The molecule has 188 valence electrons. The molecule has 0 saturated carbocycles. The number of aliphatic hydroxyl groups is 1. The first-order valence-electron chi connectivity index (χ1n) is 12.4. The number of phenolic OH excluding ortho intramolecular Hbond substituents is 1. The molecule has 0 radical (unpaired) electrons. The number of phenols is 1. The first-order valence-corrected chi connectivity index (χ1v) is 13.2. The van der Waals surface area contributed by atoms with Crippen LogP contribution < -0.4 is 0 Å². The average molecular weight is 544 g/mol. The second-order valence-electron chi connectivity index (χ2n) is 8.99. The second-order valence-corrected chi connectivity index (χ2v) is 9.91. The number of nitrogens with zero attached hydrogens (tertiary/aromatic N) is 2. The van der Waals surface area contributed by atoms with Gasteiger partial charge in [0.15, 0.2) is 0 Å². The monoisotopic (exact) mass is 542 g/mol. The van der Waals surface area contributed by atoms with Gasteiger partial charge in [-0.15, -0.1) is 0 Å². The standard InChI is InChI=1S/C28H35BrN2O4/c1-3-5-16-30(17-6-4-2)18-7-19-31-25(20-10-14-23(32)15-11-20)24(27(34)28(31)35)26(33)21-8-12-22(29)13-9-21/h8-15,25,32-33H,3-7,16-19H2,1-2H3. The Kier molecular flexibility index (Phi) is 9.93. The molecule has 2 N–H and O–H groups in total. The molecule has 1 aliphatic heterocycles. The van der Waals surface area contributed by atoms with Gasteiger partial charge in [-0.1, -0.05) is 66.9 Å². The van der Waals surface area contributed by atoms with Gasteiger partial charge in [0.2, 0.25) is 0 Å². The Balaban J connectivity index is 1.90. The maximum atomic E-state index is 13.1. The Hall–Kier alpha value is -2.64. The van der Waals surface area contributed by atoms with Crippen molar-refractivity contribution in [1.29, 1.82) is 0 Å². The SMILES string of the molecule is CCCCN(CCCC)CCCN1C(=O)C(=O)C(=C(O)c2ccc(Br)cc2)C1c1ccc(O)cc1. The molecule has 1 fully saturated rings. The van der Waals surface area contributed by atoms with Crippen molar-refractivity contribution in [2.75, 3.05) is 26.2 Å². The van der Waals surface area contributed by atoms with Gasteiger partial charge >= 0.3 is 0 Å². The number of ketones is 1. The number of unbranched alkanes of at least 4 members (excludes halogenated alkanes) is 2. The molecule has 1 heterocycles. The predicted molar refractivity (Wildman–Crippen MR) is 142 cm³/mol. The summed E-state index contributed by atoms with van der Waals surface area (Å²) in [5, 5.41) is 20.9. The summed E-state index contributed by atoms with van der Waals surface area (Å²) in [6, 6.07) is 12.7. The van der Waals surface area contributed by atoms with Crippen molar-refractivity contribution < 1.29 is 19.8 Å². The van der Waals surface area contributed by atoms with Crippen LogP contribution in [0.25, 0.3) is 5.76 Å². The molecule has 1 aliphatic rings. The first-order chi connectivity index (χ1) is 16.9. The third-order valence-corrected chi connectivity index (χ3v) is 6.92. The number of likely N-dealkylation sites (tertiary alicyclic amines) is 1. The summed E-state index contributed by atoms with van der Waals surface area (Å²) in [5.74, 6) is -1.38. The molecule has 0 aromatic heterocycles. The highest BCUT2D eigenvalue weighted by Crippen LogP contribution is 2.40. The van der Waals surface area contributed by atoms with Crippen LogP contribution in [0.15, 0.2) is 58.6 Å². The van der Waals surface area contributed by atoms with Gasteiger partial charge in [0, 0.05) is 16.6 Å². The van der Waals surface area contributed by atoms with E-state index in [4.69, 9.17) is 0 Å². The van der Waals surface area contributed by atoms with Crippen LogP contribution in [-0.4, -0.2) is 57.9 Å². The van der Waals surface area contributed by atoms with Crippen molar-refractivity contribution in [3.05, 3.63) is 69.7 Å². The number of halogens is 1. The molecule has 1 saturated heterocycles. The molecule has 2 aromatic rings. The van der Waals surface area contributed by atoms with Gasteiger partial charge in [-0.2, -0.15) is 0 Å². The minimum absolute atomic E-state index is 0.0804. The Morgan fingerprint density at radius 2 is 1.49 bits per heavy atom. The lowest BCUT2D eigenvalue weighted by atomic mass is 9.95. The maximum absolute atomic E-state index is 13.1. The number of Topliss-reactive ketones (excluding diaryl/α,β-unsaturated/α-hetero) is 1. The van der Waals surface area contributed by atoms with E-state index >= 15 is 0 Å². The van der Waals surface area contributed by atoms with Gasteiger partial charge in [-0.3, -0.25) is 9.59 Å². The highest BCUT2D eigenvalue weighted by Gasteiger charge is 2.45. The molecule has 0 spiro atoms. The maximum Gasteiger partial charge on any atom is 0.295 e. The zero-order valence-electron chi connectivity index (χ0n) is 20.5. The zero-order chi connectivity index (χ0) is 25.4. The van der Waals surface area contributed by atoms with Crippen LogP contribution in [-0.2, 0) is 9.59 Å². The van der Waals surface area contributed by atoms with Crippen molar-refractivity contribution in [2.45, 2.75) is 52.0 Å². The van der Waals surface area contributed by atoms with Crippen LogP contribution in [0.3, 0.4) is 0 Å². The summed E-state index contributed by atoms with van der Waals surface area (Å²) in [6.45, 7) is 7.67. The van der Waals surface area contributed by atoms with E-state index < -0.39 is 17.7 Å². The van der Waals surface area contributed by atoms with E-state index in [9.17, 15) is 19.8 Å². The quantitative estimate of drug-likeness (QED) is 0.199. The van der Waals surface area contributed by atoms with Crippen LogP contribution in [0.1, 0.15) is 63.1 Å². The molecule has 0 aliphatic carbocycles. The molecule has 0 bridgehead atoms. The number of aromatic hydroxyl groups is 1. The van der Waals surface area contributed by atoms with Crippen LogP contribution in [0.2, 0.25) is 0 Å². The molecule has 6 nitrogen and oxygen atoms in total. The van der Waals surface area contributed by atoms with E-state index in [1.54, 1.807) is 41.3 Å². The van der Waals surface area contributed by atoms with Crippen LogP contribution in [0, 0.1) is 0 Å². The first kappa shape index (κ1) is 27.0. The number of amides is 1. The molecular weight excluding hydrogens is 508 g/mol. The molecule has 35 heavy (non-hydrogen) atoms. The second kappa shape index (κ2) is 12.9. The van der Waals surface area contributed by atoms with Crippen LogP contribution in [0.5, 0.6) is 5.75 Å². The summed E-state index contributed by atoms with van der Waals surface area (Å²) in [5.41, 5.74) is 1.23. The number of carbonyl (C=O) groups excluding carboxylic acids is 2. The van der Waals surface area contributed by atoms with Gasteiger partial charge in [0.25, 0.3) is 11.7 Å². The zero-order valence-corrected chi connectivity index (χ0v) is 22.1. The molecule has 1 atom stereocenters. The topological polar surface area (TPSA) is 81.1 Å². The van der Waals surface area contributed by atoms with E-state index in [1.807, 2.05) is 0 Å². The Labute approximate surface area is 216 Å². The molecular formula is C28H35BrN2O4. The Morgan fingerprint density at radius 1 is 0.914 bits per heavy atom. The Bertz CT molecular complexity index is 1030. The van der Waals surface area contributed by atoms with Gasteiger partial charge in [0.05, 0.1) is 11.6 Å². The fraction of sp³-hybridized carbons (Fsp3) is 0.429. The van der Waals surface area contributed by atoms with Crippen molar-refractivity contribution in [1.82, 2.24) is 9.80 Å². The van der Waals surface area contributed by atoms with E-state index in [0.29, 0.717) is 17.7 Å². The van der Waals surface area contributed by atoms with E-state index in [-0.39, 0.29) is 17.1 Å². The number of carbonyl (C=O) groups is 2. The minimum Gasteiger partial charge on any atom is -0.508 e. The average Bonchev–Trinajstić information content (AvgIpc) is 3.10. The number of hydrogen-bond donors (Lipinski definition) is 2. The van der Waals surface area contributed by atoms with E-state index in [1.165, 1.54) is 12.1 Å². The van der Waals surface area contributed by atoms with Gasteiger partial charge in [-0.05, 0) is 68.7 Å². The molecule has 1 unspecified atom stereocenters. The summed E-state index contributed by atoms with van der Waals surface area (Å²) < 4.78 is 0.847. The summed E-state index contributed by atoms with van der Waals surface area (Å²) in [4.78, 5) is 30.3. The van der Waals surface area contributed by atoms with E-state index in [2.05, 4.69) is 34.7 Å². The lowest BCUT2D eigenvalue weighted by Gasteiger charge is -2.27. The van der Waals surface area contributed by atoms with Crippen molar-refractivity contribution in [2.24, 2.45) is 0 Å². The fourth-order valence-electron chi connectivity index (χ4n) is 4.44. The number of rotatable bonds is 12. The highest BCUT2D eigenvalue weighted by atomic mass is 79.9. The Morgan fingerprint density at radius 3 is 2.06 bits per heavy atom. The summed E-state index contributed by atoms with van der Waals surface area (Å²) in [6.07, 6.45) is 5.26. The van der Waals surface area contributed by atoms with E-state index in [0.717, 1.165) is 56.2 Å². The molecule has 1 amide bonds. The summed E-state index contributed by atoms with van der Waals surface area (Å²) in [7, 11) is 0. The third kappa shape index (κ3) is 6.73. The van der Waals surface area contributed by atoms with Crippen molar-refractivity contribution in [3.8, 4) is 5.75 Å². The summed E-state index contributed by atoms with van der Waals surface area (Å²) >= 11 is 3.38. The van der Waals surface area contributed by atoms with Gasteiger partial charge < -0.3 is 20.0 Å². The van der Waals surface area contributed by atoms with Crippen LogP contribution in [0.4, 0.5) is 0 Å². The predicted octanol–water partition coefficient (Wildman–Crippen LogP) is 5.87. The number of hydrogen-bond acceptors (Lipinski definition) is 5. The smallest absolute Gasteiger partial charge is 0.295 e. The molecule has 3 rings (SSSR count). The number of aliphatic hydroxyl groups excluding tert-OH is 1. The van der Waals surface area contributed by atoms with Gasteiger partial charge in [0.1, 0.15) is 11.5 Å². The van der Waals surface area contributed by atoms with Crippen LogP contribution >= 0.6 is 15.9 Å². The normalized spacial score (nSPS) is 17.5. The molecule has 7 heteroatoms. The minimum atomic E-state index is -0.709. The van der Waals surface area contributed by atoms with Crippen molar-refractivity contribution in [3.63, 3.8) is 0 Å². The number of benzene rings is 2. The lowest BCUT2D eigenvalue weighted by molar-refractivity contribution is -0.140. The lowest BCUT2D eigenvalue weighted by Crippen LogP contribution is -2.34. The van der Waals surface area contributed by atoms with Crippen molar-refractivity contribution >= 4 is 33.4 Å².